The van der Waals surface area contributed by atoms with E-state index in [2.05, 4.69) is 4.72 Å². The van der Waals surface area contributed by atoms with Crippen LogP contribution in [-0.2, 0) is 21.8 Å². The highest BCUT2D eigenvalue weighted by Gasteiger charge is 2.23. The van der Waals surface area contributed by atoms with Crippen LogP contribution in [0.4, 0.5) is 5.69 Å². The summed E-state index contributed by atoms with van der Waals surface area (Å²) in [5.41, 5.74) is 2.68. The molecule has 0 fully saturated rings. The second kappa shape index (κ2) is 10.5. The molecule has 0 saturated heterocycles. The number of aryl methyl sites for hydroxylation is 2. The first-order chi connectivity index (χ1) is 18.0. The number of Topliss-reactive ketones (excluding diaryl/α,β-unsaturated/α-hetero) is 1. The Bertz CT molecular complexity index is 1700. The number of sulfonamides is 1. The van der Waals surface area contributed by atoms with Crippen LogP contribution in [0.15, 0.2) is 82.5 Å². The molecule has 3 aromatic carbocycles. The molecule has 0 spiro atoms. The Morgan fingerprint density at radius 2 is 1.58 bits per heavy atom. The fraction of sp³-hybridized carbons (Fsp3) is 0.179. The normalized spacial score (nSPS) is 11.3. The number of aromatic nitrogens is 2. The highest BCUT2D eigenvalue weighted by molar-refractivity contribution is 7.92. The van der Waals surface area contributed by atoms with Crippen molar-refractivity contribution in [3.05, 3.63) is 111 Å². The number of ether oxygens (including phenoxy) is 1. The maximum atomic E-state index is 13.2. The molecule has 4 aromatic rings. The van der Waals surface area contributed by atoms with Gasteiger partial charge in [0.2, 0.25) is 0 Å². The summed E-state index contributed by atoms with van der Waals surface area (Å²) in [6.45, 7) is 4.95. The Kier molecular flexibility index (Phi) is 7.36. The summed E-state index contributed by atoms with van der Waals surface area (Å²) in [4.78, 5) is 37.9. The summed E-state index contributed by atoms with van der Waals surface area (Å²) >= 11 is 0. The zero-order chi connectivity index (χ0) is 27.6. The monoisotopic (exact) mass is 533 g/mol. The summed E-state index contributed by atoms with van der Waals surface area (Å²) in [5.74, 6) is -1.22. The lowest BCUT2D eigenvalue weighted by Crippen LogP contribution is -2.23. The van der Waals surface area contributed by atoms with E-state index in [1.165, 1.54) is 22.9 Å². The third-order valence-electron chi connectivity index (χ3n) is 6.33. The second-order valence-corrected chi connectivity index (χ2v) is 10.6. The Balaban J connectivity index is 1.53. The number of hydrogen-bond acceptors (Lipinski definition) is 6. The first-order valence-corrected chi connectivity index (χ1v) is 13.2. The molecular formula is C28H27N3O6S. The van der Waals surface area contributed by atoms with Crippen LogP contribution < -0.4 is 10.3 Å². The smallest absolute Gasteiger partial charge is 0.338 e. The van der Waals surface area contributed by atoms with Crippen molar-refractivity contribution in [1.82, 2.24) is 9.36 Å². The molecular weight excluding hydrogens is 506 g/mol. The number of esters is 1. The number of ketones is 1. The number of anilines is 1. The van der Waals surface area contributed by atoms with Gasteiger partial charge in [0.25, 0.3) is 15.6 Å². The number of nitrogens with zero attached hydrogens (tertiary/aromatic N) is 2. The van der Waals surface area contributed by atoms with E-state index in [1.807, 2.05) is 26.0 Å². The van der Waals surface area contributed by atoms with Crippen molar-refractivity contribution in [3.63, 3.8) is 0 Å². The molecule has 0 amide bonds. The summed E-state index contributed by atoms with van der Waals surface area (Å²) in [5, 5.41) is 0. The van der Waals surface area contributed by atoms with E-state index < -0.39 is 28.2 Å². The van der Waals surface area contributed by atoms with Gasteiger partial charge in [0, 0.05) is 12.6 Å². The van der Waals surface area contributed by atoms with Crippen LogP contribution >= 0.6 is 0 Å². The van der Waals surface area contributed by atoms with Gasteiger partial charge in [0.05, 0.1) is 21.8 Å². The standard InChI is InChI=1S/C28H27N3O6S/c1-18-13-14-21(15-19(18)2)25(32)17-37-28(34)22-9-8-12-24(16-22)38(35,36)29-26-20(3)30(4)31(27(26)33)23-10-6-5-7-11-23/h5-16,29H,17H2,1-4H3. The zero-order valence-electron chi connectivity index (χ0n) is 21.4. The van der Waals surface area contributed by atoms with E-state index in [-0.39, 0.29) is 21.9 Å². The van der Waals surface area contributed by atoms with Gasteiger partial charge in [0.1, 0.15) is 5.69 Å². The molecule has 1 aromatic heterocycles. The number of nitrogens with one attached hydrogen (secondary N) is 1. The molecule has 4 rings (SSSR count). The van der Waals surface area contributed by atoms with E-state index in [9.17, 15) is 22.8 Å². The van der Waals surface area contributed by atoms with Crippen molar-refractivity contribution in [3.8, 4) is 5.69 Å². The molecule has 0 atom stereocenters. The number of hydrogen-bond donors (Lipinski definition) is 1. The highest BCUT2D eigenvalue weighted by atomic mass is 32.2. The number of para-hydroxylation sites is 1. The Morgan fingerprint density at radius 3 is 2.26 bits per heavy atom. The van der Waals surface area contributed by atoms with Gasteiger partial charge in [-0.05, 0) is 68.3 Å². The molecule has 0 radical (unpaired) electrons. The summed E-state index contributed by atoms with van der Waals surface area (Å²) in [7, 11) is -2.58. The maximum absolute atomic E-state index is 13.2. The van der Waals surface area contributed by atoms with Crippen molar-refractivity contribution in [2.24, 2.45) is 7.05 Å². The quantitative estimate of drug-likeness (QED) is 0.271. The minimum absolute atomic E-state index is 0.0489. The molecule has 0 aliphatic carbocycles. The molecule has 9 nitrogen and oxygen atoms in total. The van der Waals surface area contributed by atoms with E-state index in [0.29, 0.717) is 16.9 Å². The lowest BCUT2D eigenvalue weighted by atomic mass is 10.0. The van der Waals surface area contributed by atoms with Gasteiger partial charge in [-0.3, -0.25) is 19.0 Å². The Labute approximate surface area is 220 Å². The van der Waals surface area contributed by atoms with Gasteiger partial charge < -0.3 is 4.74 Å². The van der Waals surface area contributed by atoms with Gasteiger partial charge in [0.15, 0.2) is 12.4 Å². The lowest BCUT2D eigenvalue weighted by molar-refractivity contribution is 0.0474. The predicted octanol–water partition coefficient (Wildman–Crippen LogP) is 3.94. The molecule has 0 unspecified atom stereocenters. The Hall–Kier alpha value is -4.44. The van der Waals surface area contributed by atoms with Crippen molar-refractivity contribution < 1.29 is 22.7 Å². The van der Waals surface area contributed by atoms with E-state index in [1.54, 1.807) is 55.1 Å². The molecule has 0 bridgehead atoms. The van der Waals surface area contributed by atoms with Crippen molar-refractivity contribution in [2.75, 3.05) is 11.3 Å². The number of carbonyl (C=O) groups is 2. The summed E-state index contributed by atoms with van der Waals surface area (Å²) in [6.07, 6.45) is 0. The van der Waals surface area contributed by atoms with Crippen LogP contribution in [0, 0.1) is 20.8 Å². The zero-order valence-corrected chi connectivity index (χ0v) is 22.2. The van der Waals surface area contributed by atoms with Crippen LogP contribution in [0.3, 0.4) is 0 Å². The highest BCUT2D eigenvalue weighted by Crippen LogP contribution is 2.20. The van der Waals surface area contributed by atoms with Crippen molar-refractivity contribution >= 4 is 27.5 Å². The third-order valence-corrected chi connectivity index (χ3v) is 7.68. The van der Waals surface area contributed by atoms with E-state index in [0.717, 1.165) is 17.2 Å². The number of rotatable bonds is 8. The topological polar surface area (TPSA) is 116 Å². The van der Waals surface area contributed by atoms with Gasteiger partial charge >= 0.3 is 5.97 Å². The average Bonchev–Trinajstić information content (AvgIpc) is 3.11. The third kappa shape index (κ3) is 5.30. The fourth-order valence-corrected chi connectivity index (χ4v) is 5.04. The van der Waals surface area contributed by atoms with Crippen LogP contribution in [0.5, 0.6) is 0 Å². The second-order valence-electron chi connectivity index (χ2n) is 8.87. The molecule has 1 heterocycles. The summed E-state index contributed by atoms with van der Waals surface area (Å²) in [6, 6.07) is 19.2. The molecule has 38 heavy (non-hydrogen) atoms. The predicted molar refractivity (Wildman–Crippen MR) is 144 cm³/mol. The van der Waals surface area contributed by atoms with Crippen LogP contribution in [-0.4, -0.2) is 36.1 Å². The van der Waals surface area contributed by atoms with Crippen LogP contribution in [0.2, 0.25) is 0 Å². The van der Waals surface area contributed by atoms with Crippen LogP contribution in [0.1, 0.15) is 37.5 Å². The number of carbonyl (C=O) groups excluding carboxylic acids is 2. The average molecular weight is 534 g/mol. The molecule has 10 heteroatoms. The van der Waals surface area contributed by atoms with Crippen molar-refractivity contribution in [2.45, 2.75) is 25.7 Å². The van der Waals surface area contributed by atoms with Gasteiger partial charge in [-0.15, -0.1) is 0 Å². The Morgan fingerprint density at radius 1 is 0.868 bits per heavy atom. The van der Waals surface area contributed by atoms with Gasteiger partial charge in [-0.25, -0.2) is 17.9 Å². The molecule has 196 valence electrons. The van der Waals surface area contributed by atoms with E-state index in [4.69, 9.17) is 4.74 Å². The van der Waals surface area contributed by atoms with Crippen molar-refractivity contribution in [1.29, 1.82) is 0 Å². The fourth-order valence-electron chi connectivity index (χ4n) is 3.88. The molecule has 1 N–H and O–H groups in total. The molecule has 0 saturated carbocycles. The maximum Gasteiger partial charge on any atom is 0.338 e. The first kappa shape index (κ1) is 26.6. The van der Waals surface area contributed by atoms with Crippen LogP contribution in [0.25, 0.3) is 5.69 Å². The van der Waals surface area contributed by atoms with E-state index >= 15 is 0 Å². The lowest BCUT2D eigenvalue weighted by Gasteiger charge is -2.09. The SMILES string of the molecule is Cc1ccc(C(=O)COC(=O)c2cccc(S(=O)(=O)Nc3c(C)n(C)n(-c4ccccc4)c3=O)c2)cc1C. The molecule has 0 aliphatic heterocycles. The minimum Gasteiger partial charge on any atom is -0.454 e. The largest absolute Gasteiger partial charge is 0.454 e. The molecule has 0 aliphatic rings. The number of benzene rings is 3. The minimum atomic E-state index is -4.23. The van der Waals surface area contributed by atoms with Gasteiger partial charge in [-0.1, -0.05) is 36.4 Å². The first-order valence-electron chi connectivity index (χ1n) is 11.7. The summed E-state index contributed by atoms with van der Waals surface area (Å²) < 4.78 is 36.8. The van der Waals surface area contributed by atoms with Gasteiger partial charge in [-0.2, -0.15) is 0 Å².